The Morgan fingerprint density at radius 3 is 2.31 bits per heavy atom. The lowest BCUT2D eigenvalue weighted by atomic mass is 10.0. The van der Waals surface area contributed by atoms with Gasteiger partial charge in [-0.3, -0.25) is 4.79 Å². The summed E-state index contributed by atoms with van der Waals surface area (Å²) in [5.41, 5.74) is 1.48. The number of esters is 1. The topological polar surface area (TPSA) is 73.0 Å². The van der Waals surface area contributed by atoms with Gasteiger partial charge in [-0.1, -0.05) is 54.1 Å². The van der Waals surface area contributed by atoms with Gasteiger partial charge in [0.1, 0.15) is 6.10 Å². The van der Waals surface area contributed by atoms with Crippen molar-refractivity contribution in [3.05, 3.63) is 78.4 Å². The molecule has 2 aromatic carbocycles. The van der Waals surface area contributed by atoms with Crippen molar-refractivity contribution in [3.63, 3.8) is 0 Å². The van der Waals surface area contributed by atoms with Crippen LogP contribution in [0.1, 0.15) is 24.2 Å². The number of hydrogen-bond acceptors (Lipinski definition) is 5. The summed E-state index contributed by atoms with van der Waals surface area (Å²) in [7, 11) is -3.97. The molecule has 1 heterocycles. The van der Waals surface area contributed by atoms with Crippen molar-refractivity contribution in [1.82, 2.24) is 0 Å². The minimum Gasteiger partial charge on any atom is -0.453 e. The van der Waals surface area contributed by atoms with Gasteiger partial charge in [-0.25, -0.2) is 8.42 Å². The highest BCUT2D eigenvalue weighted by Crippen LogP contribution is 2.55. The van der Waals surface area contributed by atoms with E-state index < -0.39 is 32.9 Å². The number of aryl methyl sites for hydroxylation is 1. The molecule has 3 rings (SSSR count). The number of carbonyl (C=O) groups excluding carboxylic acids is 1. The molecule has 0 N–H and O–H groups in total. The van der Waals surface area contributed by atoms with Gasteiger partial charge in [-0.2, -0.15) is 0 Å². The third-order valence-corrected chi connectivity index (χ3v) is 6.64. The van der Waals surface area contributed by atoms with E-state index in [0.29, 0.717) is 5.56 Å². The van der Waals surface area contributed by atoms with Crippen LogP contribution in [0.4, 0.5) is 0 Å². The molecule has 0 aromatic heterocycles. The first-order chi connectivity index (χ1) is 12.3. The molecule has 1 fully saturated rings. The fourth-order valence-electron chi connectivity index (χ4n) is 3.02. The normalized spacial score (nSPS) is 23.1. The predicted molar refractivity (Wildman–Crippen MR) is 97.1 cm³/mol. The SMILES string of the molecule is C=C[C@@H]1O[C@]1([C@H](OC(C)=O)c1ccccc1)S(=O)(=O)c1ccc(C)cc1. The standard InChI is InChI=1S/C20H20O5S/c1-4-18-20(25-18,26(22,23)17-12-10-14(2)11-13-17)19(24-15(3)21)16-8-6-5-7-9-16/h4-13,18-19H,1H2,2-3H3/t18-,19+,20-/m0/s1. The van der Waals surface area contributed by atoms with Gasteiger partial charge in [0, 0.05) is 6.92 Å². The van der Waals surface area contributed by atoms with Crippen LogP contribution in [0.5, 0.6) is 0 Å². The third-order valence-electron chi connectivity index (χ3n) is 4.37. The maximum atomic E-state index is 13.4. The lowest BCUT2D eigenvalue weighted by Crippen LogP contribution is -2.37. The lowest BCUT2D eigenvalue weighted by Gasteiger charge is -2.25. The zero-order chi connectivity index (χ0) is 18.9. The molecule has 1 aliphatic heterocycles. The molecular weight excluding hydrogens is 352 g/mol. The van der Waals surface area contributed by atoms with E-state index in [0.717, 1.165) is 5.56 Å². The molecule has 136 valence electrons. The van der Waals surface area contributed by atoms with Gasteiger partial charge in [-0.15, -0.1) is 6.58 Å². The average Bonchev–Trinajstić information content (AvgIpc) is 3.37. The van der Waals surface area contributed by atoms with Crippen LogP contribution in [0.15, 0.2) is 72.1 Å². The first kappa shape index (κ1) is 18.4. The van der Waals surface area contributed by atoms with Crippen molar-refractivity contribution < 1.29 is 22.7 Å². The van der Waals surface area contributed by atoms with Crippen LogP contribution in [0.25, 0.3) is 0 Å². The molecule has 1 aliphatic rings. The van der Waals surface area contributed by atoms with Crippen LogP contribution < -0.4 is 0 Å². The Balaban J connectivity index is 2.15. The number of hydrogen-bond donors (Lipinski definition) is 0. The molecule has 26 heavy (non-hydrogen) atoms. The van der Waals surface area contributed by atoms with E-state index >= 15 is 0 Å². The second-order valence-corrected chi connectivity index (χ2v) is 8.33. The summed E-state index contributed by atoms with van der Waals surface area (Å²) < 4.78 is 37.9. The molecule has 3 atom stereocenters. The third kappa shape index (κ3) is 2.95. The van der Waals surface area contributed by atoms with Crippen LogP contribution in [0.2, 0.25) is 0 Å². The molecule has 2 aromatic rings. The van der Waals surface area contributed by atoms with Crippen LogP contribution in [0, 0.1) is 6.92 Å². The Morgan fingerprint density at radius 2 is 1.81 bits per heavy atom. The number of benzene rings is 2. The van der Waals surface area contributed by atoms with Gasteiger partial charge in [-0.05, 0) is 24.6 Å². The van der Waals surface area contributed by atoms with Crippen molar-refractivity contribution in [2.24, 2.45) is 0 Å². The highest BCUT2D eigenvalue weighted by atomic mass is 32.2. The van der Waals surface area contributed by atoms with Gasteiger partial charge < -0.3 is 9.47 Å². The molecule has 0 radical (unpaired) electrons. The Kier molecular flexibility index (Phi) is 4.73. The summed E-state index contributed by atoms with van der Waals surface area (Å²) >= 11 is 0. The quantitative estimate of drug-likeness (QED) is 0.442. The van der Waals surface area contributed by atoms with Crippen molar-refractivity contribution in [2.45, 2.75) is 35.9 Å². The zero-order valence-corrected chi connectivity index (χ0v) is 15.4. The minimum atomic E-state index is -3.97. The van der Waals surface area contributed by atoms with Crippen molar-refractivity contribution in [1.29, 1.82) is 0 Å². The fraction of sp³-hybridized carbons (Fsp3) is 0.250. The summed E-state index contributed by atoms with van der Waals surface area (Å²) in [6.07, 6.45) is -0.459. The van der Waals surface area contributed by atoms with Crippen LogP contribution in [-0.2, 0) is 24.1 Å². The van der Waals surface area contributed by atoms with Gasteiger partial charge in [0.2, 0.25) is 14.8 Å². The molecular formula is C20H20O5S. The van der Waals surface area contributed by atoms with Gasteiger partial charge in [0.25, 0.3) is 0 Å². The molecule has 1 saturated heterocycles. The Labute approximate surface area is 153 Å². The molecule has 0 bridgehead atoms. The second-order valence-electron chi connectivity index (χ2n) is 6.21. The van der Waals surface area contributed by atoms with E-state index in [4.69, 9.17) is 9.47 Å². The fourth-order valence-corrected chi connectivity index (χ4v) is 4.98. The monoisotopic (exact) mass is 372 g/mol. The molecule has 0 aliphatic carbocycles. The summed E-state index contributed by atoms with van der Waals surface area (Å²) in [4.78, 5) is 10.1. The molecule has 5 nitrogen and oxygen atoms in total. The van der Waals surface area contributed by atoms with Gasteiger partial charge in [0.15, 0.2) is 6.10 Å². The van der Waals surface area contributed by atoms with Crippen LogP contribution in [0.3, 0.4) is 0 Å². The maximum absolute atomic E-state index is 13.4. The summed E-state index contributed by atoms with van der Waals surface area (Å²) in [6, 6.07) is 15.2. The van der Waals surface area contributed by atoms with E-state index in [1.54, 1.807) is 42.5 Å². The maximum Gasteiger partial charge on any atom is 0.303 e. The first-order valence-corrected chi connectivity index (χ1v) is 9.65. The Hall–Kier alpha value is -2.44. The van der Waals surface area contributed by atoms with Crippen molar-refractivity contribution >= 4 is 15.8 Å². The zero-order valence-electron chi connectivity index (χ0n) is 14.6. The highest BCUT2D eigenvalue weighted by Gasteiger charge is 2.71. The van der Waals surface area contributed by atoms with E-state index in [-0.39, 0.29) is 4.90 Å². The van der Waals surface area contributed by atoms with Gasteiger partial charge >= 0.3 is 5.97 Å². The van der Waals surface area contributed by atoms with E-state index in [9.17, 15) is 13.2 Å². The highest BCUT2D eigenvalue weighted by molar-refractivity contribution is 7.93. The summed E-state index contributed by atoms with van der Waals surface area (Å²) in [6.45, 7) is 6.78. The van der Waals surface area contributed by atoms with E-state index in [2.05, 4.69) is 6.58 Å². The lowest BCUT2D eigenvalue weighted by molar-refractivity contribution is -0.148. The second kappa shape index (κ2) is 6.70. The number of rotatable bonds is 6. The van der Waals surface area contributed by atoms with E-state index in [1.807, 2.05) is 6.92 Å². The van der Waals surface area contributed by atoms with Crippen molar-refractivity contribution in [3.8, 4) is 0 Å². The van der Waals surface area contributed by atoms with Crippen LogP contribution >= 0.6 is 0 Å². The van der Waals surface area contributed by atoms with E-state index in [1.165, 1.54) is 25.1 Å². The molecule has 0 spiro atoms. The Bertz CT molecular complexity index is 918. The number of epoxide rings is 1. The van der Waals surface area contributed by atoms with Crippen molar-refractivity contribution in [2.75, 3.05) is 0 Å². The number of carbonyl (C=O) groups is 1. The number of ether oxygens (including phenoxy) is 2. The molecule has 0 amide bonds. The summed E-state index contributed by atoms with van der Waals surface area (Å²) in [5, 5.41) is 0. The van der Waals surface area contributed by atoms with Gasteiger partial charge in [0.05, 0.1) is 4.90 Å². The molecule has 0 saturated carbocycles. The largest absolute Gasteiger partial charge is 0.453 e. The average molecular weight is 372 g/mol. The van der Waals surface area contributed by atoms with Crippen LogP contribution in [-0.4, -0.2) is 25.4 Å². The Morgan fingerprint density at radius 1 is 1.19 bits per heavy atom. The minimum absolute atomic E-state index is 0.112. The molecule has 0 unspecified atom stereocenters. The predicted octanol–water partition coefficient (Wildman–Crippen LogP) is 3.35. The first-order valence-electron chi connectivity index (χ1n) is 8.17. The summed E-state index contributed by atoms with van der Waals surface area (Å²) in [5.74, 6) is -0.587. The molecule has 6 heteroatoms. The smallest absolute Gasteiger partial charge is 0.303 e. The number of sulfone groups is 1.